The Hall–Kier alpha value is -1.95. The fourth-order valence-corrected chi connectivity index (χ4v) is 1.77. The highest BCUT2D eigenvalue weighted by Crippen LogP contribution is 2.17. The third-order valence-electron chi connectivity index (χ3n) is 3.67. The van der Waals surface area contributed by atoms with Crippen LogP contribution in [0, 0.1) is 5.92 Å². The zero-order valence-electron chi connectivity index (χ0n) is 11.4. The van der Waals surface area contributed by atoms with Gasteiger partial charge in [-0.3, -0.25) is 9.78 Å². The fraction of sp³-hybridized carbons (Fsp3) is 0.462. The molecule has 2 aromatic heterocycles. The fourth-order valence-electron chi connectivity index (χ4n) is 1.77. The summed E-state index contributed by atoms with van der Waals surface area (Å²) in [4.78, 5) is 16.4. The number of nitrogens with zero attached hydrogens (tertiary/aromatic N) is 3. The lowest BCUT2D eigenvalue weighted by Crippen LogP contribution is -2.55. The third-order valence-corrected chi connectivity index (χ3v) is 3.67. The van der Waals surface area contributed by atoms with E-state index in [9.17, 15) is 4.79 Å². The minimum Gasteiger partial charge on any atom is -0.345 e. The molecular weight excluding hydrogens is 242 g/mol. The van der Waals surface area contributed by atoms with Crippen LogP contribution in [0.5, 0.6) is 0 Å². The molecule has 0 radical (unpaired) electrons. The van der Waals surface area contributed by atoms with E-state index in [4.69, 9.17) is 5.73 Å². The highest BCUT2D eigenvalue weighted by molar-refractivity contribution is 6.00. The highest BCUT2D eigenvalue weighted by atomic mass is 16.1. The number of hydrogen-bond acceptors (Lipinski definition) is 4. The largest absolute Gasteiger partial charge is 0.345 e. The summed E-state index contributed by atoms with van der Waals surface area (Å²) >= 11 is 0. The van der Waals surface area contributed by atoms with Crippen LogP contribution in [0.1, 0.15) is 31.1 Å². The zero-order valence-corrected chi connectivity index (χ0v) is 11.4. The van der Waals surface area contributed by atoms with Gasteiger partial charge < -0.3 is 11.1 Å². The van der Waals surface area contributed by atoms with Gasteiger partial charge in [0.05, 0.1) is 29.0 Å². The monoisotopic (exact) mass is 261 g/mol. The minimum absolute atomic E-state index is 0.176. The number of hydrogen-bond donors (Lipinski definition) is 2. The summed E-state index contributed by atoms with van der Waals surface area (Å²) in [6, 6.07) is 0. The number of carbonyl (C=O) groups excluding carboxylic acids is 1. The van der Waals surface area contributed by atoms with Gasteiger partial charge in [-0.2, -0.15) is 5.10 Å². The number of amides is 1. The van der Waals surface area contributed by atoms with Gasteiger partial charge >= 0.3 is 0 Å². The number of nitrogens with one attached hydrogen (secondary N) is 1. The van der Waals surface area contributed by atoms with E-state index in [1.54, 1.807) is 29.3 Å². The molecule has 1 amide bonds. The Morgan fingerprint density at radius 2 is 2.26 bits per heavy atom. The van der Waals surface area contributed by atoms with E-state index in [0.717, 1.165) is 0 Å². The van der Waals surface area contributed by atoms with Crippen molar-refractivity contribution >= 4 is 11.4 Å². The topological polar surface area (TPSA) is 85.3 Å². The summed E-state index contributed by atoms with van der Waals surface area (Å²) in [5.41, 5.74) is 6.53. The lowest BCUT2D eigenvalue weighted by atomic mass is 9.88. The summed E-state index contributed by atoms with van der Waals surface area (Å²) in [6.07, 6.45) is 6.50. The Morgan fingerprint density at radius 3 is 2.89 bits per heavy atom. The molecule has 0 aliphatic heterocycles. The van der Waals surface area contributed by atoms with E-state index in [0.29, 0.717) is 17.6 Å². The summed E-state index contributed by atoms with van der Waals surface area (Å²) in [6.45, 7) is 6.39. The van der Waals surface area contributed by atoms with Gasteiger partial charge in [0.1, 0.15) is 0 Å². The van der Waals surface area contributed by atoms with Crippen LogP contribution in [0.15, 0.2) is 24.8 Å². The van der Waals surface area contributed by atoms with Crippen molar-refractivity contribution in [2.24, 2.45) is 11.7 Å². The van der Waals surface area contributed by atoms with E-state index in [-0.39, 0.29) is 11.8 Å². The molecule has 6 heteroatoms. The summed E-state index contributed by atoms with van der Waals surface area (Å²) < 4.78 is 1.62. The van der Waals surface area contributed by atoms with Crippen molar-refractivity contribution < 1.29 is 4.79 Å². The van der Waals surface area contributed by atoms with E-state index >= 15 is 0 Å². The molecule has 0 aliphatic carbocycles. The van der Waals surface area contributed by atoms with Crippen LogP contribution in [-0.4, -0.2) is 32.6 Å². The van der Waals surface area contributed by atoms with Crippen molar-refractivity contribution in [1.82, 2.24) is 19.9 Å². The first-order valence-electron chi connectivity index (χ1n) is 6.28. The molecule has 6 nitrogen and oxygen atoms in total. The van der Waals surface area contributed by atoms with Gasteiger partial charge in [-0.1, -0.05) is 13.8 Å². The first-order chi connectivity index (χ1) is 8.98. The van der Waals surface area contributed by atoms with Gasteiger partial charge in [0, 0.05) is 18.9 Å². The molecule has 0 aromatic carbocycles. The Labute approximate surface area is 112 Å². The second kappa shape index (κ2) is 4.97. The van der Waals surface area contributed by atoms with Crippen LogP contribution in [0.3, 0.4) is 0 Å². The first kappa shape index (κ1) is 13.5. The quantitative estimate of drug-likeness (QED) is 0.853. The molecule has 102 valence electrons. The smallest absolute Gasteiger partial charge is 0.255 e. The number of carbonyl (C=O) groups is 1. The maximum Gasteiger partial charge on any atom is 0.255 e. The molecule has 0 fully saturated rings. The van der Waals surface area contributed by atoms with Gasteiger partial charge in [0.2, 0.25) is 0 Å². The summed E-state index contributed by atoms with van der Waals surface area (Å²) in [7, 11) is 0. The molecule has 0 saturated heterocycles. The molecule has 1 unspecified atom stereocenters. The van der Waals surface area contributed by atoms with Crippen molar-refractivity contribution in [2.45, 2.75) is 26.3 Å². The van der Waals surface area contributed by atoms with Crippen LogP contribution in [-0.2, 0) is 0 Å². The predicted molar refractivity (Wildman–Crippen MR) is 72.8 cm³/mol. The molecule has 2 heterocycles. The molecule has 2 rings (SSSR count). The van der Waals surface area contributed by atoms with Crippen molar-refractivity contribution in [1.29, 1.82) is 0 Å². The SMILES string of the molecule is CC(C)C(C)(CN)NC(=O)c1cnn2ccncc12. The number of fused-ring (bicyclic) bond motifs is 1. The Balaban J connectivity index is 2.30. The van der Waals surface area contributed by atoms with Crippen LogP contribution >= 0.6 is 0 Å². The van der Waals surface area contributed by atoms with Gasteiger partial charge in [-0.05, 0) is 12.8 Å². The highest BCUT2D eigenvalue weighted by Gasteiger charge is 2.29. The summed E-state index contributed by atoms with van der Waals surface area (Å²) in [5.74, 6) is 0.0612. The normalized spacial score (nSPS) is 14.6. The number of aromatic nitrogens is 3. The molecule has 0 saturated carbocycles. The Kier molecular flexibility index (Phi) is 3.53. The molecule has 0 spiro atoms. The molecule has 3 N–H and O–H groups in total. The van der Waals surface area contributed by atoms with Crippen molar-refractivity contribution in [2.75, 3.05) is 6.54 Å². The van der Waals surface area contributed by atoms with Gasteiger partial charge in [-0.15, -0.1) is 0 Å². The Morgan fingerprint density at radius 1 is 1.53 bits per heavy atom. The first-order valence-corrected chi connectivity index (χ1v) is 6.28. The van der Waals surface area contributed by atoms with E-state index in [1.165, 1.54) is 0 Å². The lowest BCUT2D eigenvalue weighted by molar-refractivity contribution is 0.0885. The second-order valence-electron chi connectivity index (χ2n) is 5.19. The zero-order chi connectivity index (χ0) is 14.0. The average molecular weight is 261 g/mol. The van der Waals surface area contributed by atoms with E-state index in [2.05, 4.69) is 15.4 Å². The van der Waals surface area contributed by atoms with Gasteiger partial charge in [-0.25, -0.2) is 4.52 Å². The lowest BCUT2D eigenvalue weighted by Gasteiger charge is -2.33. The standard InChI is InChI=1S/C13H19N5O/c1-9(2)13(3,8-14)17-12(19)10-6-16-18-5-4-15-7-11(10)18/h4-7,9H,8,14H2,1-3H3,(H,17,19). The van der Waals surface area contributed by atoms with Gasteiger partial charge in [0.25, 0.3) is 5.91 Å². The van der Waals surface area contributed by atoms with Crippen molar-refractivity contribution in [3.8, 4) is 0 Å². The van der Waals surface area contributed by atoms with E-state index < -0.39 is 5.54 Å². The van der Waals surface area contributed by atoms with Crippen LogP contribution in [0.2, 0.25) is 0 Å². The second-order valence-corrected chi connectivity index (χ2v) is 5.19. The molecule has 2 aromatic rings. The molecular formula is C13H19N5O. The predicted octanol–water partition coefficient (Wildman–Crippen LogP) is 0.833. The molecule has 0 aliphatic rings. The molecule has 1 atom stereocenters. The third kappa shape index (κ3) is 2.44. The maximum atomic E-state index is 12.4. The Bertz CT molecular complexity index is 591. The summed E-state index contributed by atoms with van der Waals surface area (Å²) in [5, 5.41) is 7.12. The van der Waals surface area contributed by atoms with Crippen LogP contribution in [0.25, 0.3) is 5.52 Å². The van der Waals surface area contributed by atoms with Crippen molar-refractivity contribution in [3.05, 3.63) is 30.4 Å². The van der Waals surface area contributed by atoms with Crippen molar-refractivity contribution in [3.63, 3.8) is 0 Å². The average Bonchev–Trinajstić information content (AvgIpc) is 2.82. The van der Waals surface area contributed by atoms with Crippen LogP contribution < -0.4 is 11.1 Å². The van der Waals surface area contributed by atoms with Gasteiger partial charge in [0.15, 0.2) is 0 Å². The molecule has 19 heavy (non-hydrogen) atoms. The van der Waals surface area contributed by atoms with E-state index in [1.807, 2.05) is 20.8 Å². The molecule has 0 bridgehead atoms. The minimum atomic E-state index is -0.437. The number of rotatable bonds is 4. The maximum absolute atomic E-state index is 12.4. The number of nitrogens with two attached hydrogens (primary N) is 1. The van der Waals surface area contributed by atoms with Crippen LogP contribution in [0.4, 0.5) is 0 Å².